The van der Waals surface area contributed by atoms with Gasteiger partial charge in [0.1, 0.15) is 0 Å². The van der Waals surface area contributed by atoms with Crippen molar-refractivity contribution < 1.29 is 9.90 Å². The number of amides is 2. The number of piperidine rings is 1. The first-order chi connectivity index (χ1) is 9.20. The topological polar surface area (TPSA) is 52.6 Å². The number of likely N-dealkylation sites (tertiary alicyclic amines) is 1. The number of hydrogen-bond acceptors (Lipinski definition) is 2. The molecule has 1 fully saturated rings. The van der Waals surface area contributed by atoms with E-state index in [-0.39, 0.29) is 18.7 Å². The van der Waals surface area contributed by atoms with E-state index in [2.05, 4.69) is 5.32 Å². The maximum absolute atomic E-state index is 12.3. The number of aliphatic hydroxyl groups is 1. The zero-order chi connectivity index (χ0) is 13.7. The molecule has 0 saturated carbocycles. The molecule has 2 rings (SSSR count). The van der Waals surface area contributed by atoms with Crippen molar-refractivity contribution in [1.29, 1.82) is 0 Å². The lowest BCUT2D eigenvalue weighted by Gasteiger charge is -2.35. The molecular formula is C15H22N2O2. The van der Waals surface area contributed by atoms with E-state index in [1.807, 2.05) is 36.1 Å². The number of nitrogens with one attached hydrogen (secondary N) is 1. The molecule has 19 heavy (non-hydrogen) atoms. The van der Waals surface area contributed by atoms with Gasteiger partial charge in [0.25, 0.3) is 0 Å². The van der Waals surface area contributed by atoms with Gasteiger partial charge in [-0.05, 0) is 44.7 Å². The Labute approximate surface area is 114 Å². The zero-order valence-corrected chi connectivity index (χ0v) is 11.4. The highest BCUT2D eigenvalue weighted by Crippen LogP contribution is 2.20. The molecule has 1 aromatic rings. The van der Waals surface area contributed by atoms with Crippen molar-refractivity contribution in [3.8, 4) is 0 Å². The predicted octanol–water partition coefficient (Wildman–Crippen LogP) is 2.76. The van der Waals surface area contributed by atoms with Crippen molar-refractivity contribution in [2.24, 2.45) is 0 Å². The van der Waals surface area contributed by atoms with E-state index in [9.17, 15) is 4.79 Å². The number of anilines is 1. The summed E-state index contributed by atoms with van der Waals surface area (Å²) in [6.07, 6.45) is 3.84. The minimum Gasteiger partial charge on any atom is -0.396 e. The lowest BCUT2D eigenvalue weighted by molar-refractivity contribution is 0.141. The minimum atomic E-state index is -0.0537. The second kappa shape index (κ2) is 6.57. The summed E-state index contributed by atoms with van der Waals surface area (Å²) in [6.45, 7) is 2.94. The van der Waals surface area contributed by atoms with Crippen molar-refractivity contribution in [2.45, 2.75) is 38.6 Å². The Morgan fingerprint density at radius 2 is 2.11 bits per heavy atom. The second-order valence-corrected chi connectivity index (χ2v) is 5.15. The van der Waals surface area contributed by atoms with Crippen molar-refractivity contribution in [3.05, 3.63) is 29.8 Å². The minimum absolute atomic E-state index is 0.0537. The Morgan fingerprint density at radius 1 is 1.37 bits per heavy atom. The van der Waals surface area contributed by atoms with Gasteiger partial charge < -0.3 is 15.3 Å². The molecule has 0 spiro atoms. The number of hydrogen-bond donors (Lipinski definition) is 2. The standard InChI is InChI=1S/C15H22N2O2/c1-12-5-7-13(8-6-12)16-15(19)17-10-3-2-4-14(17)9-11-18/h5-8,14,18H,2-4,9-11H2,1H3,(H,16,19)/t14-/m1/s1. The molecule has 0 radical (unpaired) electrons. The molecule has 1 aromatic carbocycles. The molecule has 0 aromatic heterocycles. The molecule has 4 nitrogen and oxygen atoms in total. The molecule has 1 aliphatic rings. The van der Waals surface area contributed by atoms with E-state index in [1.165, 1.54) is 5.56 Å². The van der Waals surface area contributed by atoms with Crippen LogP contribution in [0.4, 0.5) is 10.5 Å². The molecule has 104 valence electrons. The average Bonchev–Trinajstić information content (AvgIpc) is 2.42. The largest absolute Gasteiger partial charge is 0.396 e. The molecule has 0 unspecified atom stereocenters. The van der Waals surface area contributed by atoms with Gasteiger partial charge in [-0.2, -0.15) is 0 Å². The predicted molar refractivity (Wildman–Crippen MR) is 76.2 cm³/mol. The lowest BCUT2D eigenvalue weighted by atomic mass is 10.0. The first kappa shape index (κ1) is 13.9. The van der Waals surface area contributed by atoms with Crippen LogP contribution in [0.1, 0.15) is 31.2 Å². The van der Waals surface area contributed by atoms with Gasteiger partial charge >= 0.3 is 6.03 Å². The molecule has 1 heterocycles. The summed E-state index contributed by atoms with van der Waals surface area (Å²) in [4.78, 5) is 14.1. The van der Waals surface area contributed by atoms with Crippen LogP contribution < -0.4 is 5.32 Å². The monoisotopic (exact) mass is 262 g/mol. The quantitative estimate of drug-likeness (QED) is 0.880. The number of benzene rings is 1. The molecular weight excluding hydrogens is 240 g/mol. The Balaban J connectivity index is 1.99. The summed E-state index contributed by atoms with van der Waals surface area (Å²) in [5.74, 6) is 0. The summed E-state index contributed by atoms with van der Waals surface area (Å²) >= 11 is 0. The van der Waals surface area contributed by atoms with Gasteiger partial charge in [0.15, 0.2) is 0 Å². The van der Waals surface area contributed by atoms with Crippen LogP contribution in [-0.4, -0.2) is 35.2 Å². The molecule has 0 bridgehead atoms. The van der Waals surface area contributed by atoms with E-state index in [4.69, 9.17) is 5.11 Å². The molecule has 0 aliphatic carbocycles. The molecule has 1 aliphatic heterocycles. The third-order valence-electron chi connectivity index (χ3n) is 3.65. The summed E-state index contributed by atoms with van der Waals surface area (Å²) < 4.78 is 0. The zero-order valence-electron chi connectivity index (χ0n) is 11.4. The van der Waals surface area contributed by atoms with Gasteiger partial charge in [-0.25, -0.2) is 4.79 Å². The number of nitrogens with zero attached hydrogens (tertiary/aromatic N) is 1. The van der Waals surface area contributed by atoms with Crippen LogP contribution in [0.5, 0.6) is 0 Å². The maximum Gasteiger partial charge on any atom is 0.322 e. The van der Waals surface area contributed by atoms with E-state index < -0.39 is 0 Å². The summed E-state index contributed by atoms with van der Waals surface area (Å²) in [5, 5.41) is 12.0. The Hall–Kier alpha value is -1.55. The van der Waals surface area contributed by atoms with Crippen LogP contribution >= 0.6 is 0 Å². The first-order valence-corrected chi connectivity index (χ1v) is 6.96. The molecule has 1 atom stereocenters. The second-order valence-electron chi connectivity index (χ2n) is 5.15. The summed E-state index contributed by atoms with van der Waals surface area (Å²) in [7, 11) is 0. The number of carbonyl (C=O) groups is 1. The molecule has 1 saturated heterocycles. The van der Waals surface area contributed by atoms with Crippen LogP contribution in [0.15, 0.2) is 24.3 Å². The molecule has 2 N–H and O–H groups in total. The van der Waals surface area contributed by atoms with Crippen LogP contribution in [0.3, 0.4) is 0 Å². The number of aliphatic hydroxyl groups excluding tert-OH is 1. The highest BCUT2D eigenvalue weighted by Gasteiger charge is 2.26. The van der Waals surface area contributed by atoms with E-state index in [0.29, 0.717) is 6.42 Å². The molecule has 2 amide bonds. The smallest absolute Gasteiger partial charge is 0.322 e. The number of rotatable bonds is 3. The van der Waals surface area contributed by atoms with Gasteiger partial charge in [-0.3, -0.25) is 0 Å². The highest BCUT2D eigenvalue weighted by molar-refractivity contribution is 5.89. The van der Waals surface area contributed by atoms with Crippen molar-refractivity contribution in [1.82, 2.24) is 4.90 Å². The van der Waals surface area contributed by atoms with E-state index in [0.717, 1.165) is 31.5 Å². The SMILES string of the molecule is Cc1ccc(NC(=O)N2CCCC[C@@H]2CCO)cc1. The molecule has 4 heteroatoms. The van der Waals surface area contributed by atoms with Gasteiger partial charge in [0.05, 0.1) is 0 Å². The van der Waals surface area contributed by atoms with Gasteiger partial charge in [0.2, 0.25) is 0 Å². The Kier molecular flexibility index (Phi) is 4.80. The van der Waals surface area contributed by atoms with Gasteiger partial charge in [-0.1, -0.05) is 17.7 Å². The average molecular weight is 262 g/mol. The Bertz CT molecular complexity index is 415. The Morgan fingerprint density at radius 3 is 2.79 bits per heavy atom. The van der Waals surface area contributed by atoms with Gasteiger partial charge in [-0.15, -0.1) is 0 Å². The third kappa shape index (κ3) is 3.70. The van der Waals surface area contributed by atoms with Crippen LogP contribution in [0.25, 0.3) is 0 Å². The maximum atomic E-state index is 12.3. The fraction of sp³-hybridized carbons (Fsp3) is 0.533. The van der Waals surface area contributed by atoms with E-state index in [1.54, 1.807) is 0 Å². The lowest BCUT2D eigenvalue weighted by Crippen LogP contribution is -2.46. The van der Waals surface area contributed by atoms with Crippen LogP contribution in [0.2, 0.25) is 0 Å². The van der Waals surface area contributed by atoms with Crippen molar-refractivity contribution >= 4 is 11.7 Å². The number of carbonyl (C=O) groups excluding carboxylic acids is 1. The first-order valence-electron chi connectivity index (χ1n) is 6.96. The van der Waals surface area contributed by atoms with Crippen molar-refractivity contribution in [2.75, 3.05) is 18.5 Å². The fourth-order valence-electron chi connectivity index (χ4n) is 2.55. The fourth-order valence-corrected chi connectivity index (χ4v) is 2.55. The van der Waals surface area contributed by atoms with Crippen molar-refractivity contribution in [3.63, 3.8) is 0 Å². The highest BCUT2D eigenvalue weighted by atomic mass is 16.3. The number of aryl methyl sites for hydroxylation is 1. The normalized spacial score (nSPS) is 19.3. The third-order valence-corrected chi connectivity index (χ3v) is 3.65. The summed E-state index contributed by atoms with van der Waals surface area (Å²) in [6, 6.07) is 7.91. The summed E-state index contributed by atoms with van der Waals surface area (Å²) in [5.41, 5.74) is 2.00. The number of urea groups is 1. The van der Waals surface area contributed by atoms with Gasteiger partial charge in [0, 0.05) is 24.9 Å². The van der Waals surface area contributed by atoms with Crippen LogP contribution in [-0.2, 0) is 0 Å². The van der Waals surface area contributed by atoms with E-state index >= 15 is 0 Å². The van der Waals surface area contributed by atoms with Crippen LogP contribution in [0, 0.1) is 6.92 Å².